The van der Waals surface area contributed by atoms with Gasteiger partial charge in [-0.05, 0) is 22.8 Å². The molecule has 11 heteroatoms. The third-order valence-corrected chi connectivity index (χ3v) is 5.99. The van der Waals surface area contributed by atoms with Gasteiger partial charge in [-0.3, -0.25) is 4.79 Å². The molecule has 3 rings (SSSR count). The van der Waals surface area contributed by atoms with E-state index in [-0.39, 0.29) is 11.3 Å². The molecule has 2 saturated heterocycles. The van der Waals surface area contributed by atoms with E-state index < -0.39 is 24.0 Å². The number of thioether (sulfide) groups is 2. The number of fused-ring (bicyclic) bond motifs is 1. The monoisotopic (exact) mass is 343 g/mol. The van der Waals surface area contributed by atoms with Crippen molar-refractivity contribution in [2.24, 2.45) is 13.0 Å². The average molecular weight is 343 g/mol. The van der Waals surface area contributed by atoms with Crippen molar-refractivity contribution in [3.05, 3.63) is 10.3 Å². The highest BCUT2D eigenvalue weighted by Gasteiger charge is 2.60. The summed E-state index contributed by atoms with van der Waals surface area (Å²) in [5.41, 5.74) is 0. The number of nitrogens with zero attached hydrogens (tertiary/aromatic N) is 5. The summed E-state index contributed by atoms with van der Waals surface area (Å²) in [5, 5.41) is 31.9. The van der Waals surface area contributed by atoms with Gasteiger partial charge in [-0.1, -0.05) is 11.8 Å². The summed E-state index contributed by atoms with van der Waals surface area (Å²) in [5.74, 6) is -1.97. The molecule has 118 valence electrons. The van der Waals surface area contributed by atoms with Gasteiger partial charge in [-0.2, -0.15) is 0 Å². The highest BCUT2D eigenvalue weighted by Crippen LogP contribution is 2.51. The zero-order chi connectivity index (χ0) is 16.0. The molecule has 22 heavy (non-hydrogen) atoms. The van der Waals surface area contributed by atoms with Crippen LogP contribution in [-0.2, 0) is 16.6 Å². The zero-order valence-electron chi connectivity index (χ0n) is 11.7. The van der Waals surface area contributed by atoms with E-state index in [1.807, 2.05) is 0 Å². The van der Waals surface area contributed by atoms with E-state index >= 15 is 0 Å². The van der Waals surface area contributed by atoms with Crippen LogP contribution in [0.25, 0.3) is 0 Å². The Hall–Kier alpha value is -1.59. The highest BCUT2D eigenvalue weighted by molar-refractivity contribution is 8.06. The second kappa shape index (κ2) is 5.56. The lowest BCUT2D eigenvalue weighted by Crippen LogP contribution is -2.63. The smallest absolute Gasteiger partial charge is 0.331 e. The fourth-order valence-corrected chi connectivity index (χ4v) is 4.91. The minimum Gasteiger partial charge on any atom is -0.479 e. The summed E-state index contributed by atoms with van der Waals surface area (Å²) in [7, 11) is 1.68. The molecule has 0 aliphatic carbocycles. The Morgan fingerprint density at radius 3 is 2.82 bits per heavy atom. The number of β-lactam (4-membered cyclic amide) rings is 1. The van der Waals surface area contributed by atoms with Gasteiger partial charge >= 0.3 is 5.97 Å². The average Bonchev–Trinajstić information content (AvgIpc) is 2.97. The number of aromatic nitrogens is 4. The fourth-order valence-electron chi connectivity index (χ4n) is 2.46. The van der Waals surface area contributed by atoms with Crippen molar-refractivity contribution >= 4 is 35.4 Å². The van der Waals surface area contributed by atoms with E-state index in [1.54, 1.807) is 12.5 Å². The van der Waals surface area contributed by atoms with Gasteiger partial charge in [0.25, 0.3) is 0 Å². The lowest BCUT2D eigenvalue weighted by Gasteiger charge is -2.44. The lowest BCUT2D eigenvalue weighted by atomic mass is 9.91. The number of rotatable bonds is 4. The molecule has 2 aliphatic rings. The number of aryl methyl sites for hydroxylation is 1. The van der Waals surface area contributed by atoms with Crippen molar-refractivity contribution in [2.45, 2.75) is 29.6 Å². The Balaban J connectivity index is 1.84. The first-order chi connectivity index (χ1) is 10.4. The van der Waals surface area contributed by atoms with E-state index in [0.717, 1.165) is 0 Å². The molecule has 1 unspecified atom stereocenters. The number of amides is 1. The van der Waals surface area contributed by atoms with Crippen LogP contribution < -0.4 is 0 Å². The summed E-state index contributed by atoms with van der Waals surface area (Å²) < 4.78 is 1.47. The van der Waals surface area contributed by atoms with Crippen LogP contribution in [0.4, 0.5) is 0 Å². The Morgan fingerprint density at radius 2 is 2.27 bits per heavy atom. The Morgan fingerprint density at radius 1 is 1.55 bits per heavy atom. The maximum absolute atomic E-state index is 12.1. The predicted molar refractivity (Wildman–Crippen MR) is 77.6 cm³/mol. The molecule has 0 aromatic carbocycles. The van der Waals surface area contributed by atoms with E-state index in [1.165, 1.54) is 40.0 Å². The van der Waals surface area contributed by atoms with Crippen LogP contribution in [0, 0.1) is 5.92 Å². The molecule has 2 aliphatic heterocycles. The summed E-state index contributed by atoms with van der Waals surface area (Å²) in [6, 6.07) is -1.01. The van der Waals surface area contributed by atoms with Crippen LogP contribution in [0.3, 0.4) is 0 Å². The normalized spacial score (nSPS) is 30.3. The highest BCUT2D eigenvalue weighted by atomic mass is 32.2. The second-order valence-corrected chi connectivity index (χ2v) is 7.01. The minimum absolute atomic E-state index is 0.325. The summed E-state index contributed by atoms with van der Waals surface area (Å²) in [4.78, 5) is 25.4. The van der Waals surface area contributed by atoms with Gasteiger partial charge in [0, 0.05) is 12.0 Å². The number of carboxylic acid groups (broad SMARTS) is 1. The number of aliphatic hydroxyl groups excluding tert-OH is 1. The molecular formula is C11H13N5O4S2. The van der Waals surface area contributed by atoms with Crippen LogP contribution in [0.2, 0.25) is 0 Å². The molecule has 1 amide bonds. The van der Waals surface area contributed by atoms with Gasteiger partial charge in [-0.25, -0.2) is 9.48 Å². The number of tetrazole rings is 1. The van der Waals surface area contributed by atoms with Crippen LogP contribution in [-0.4, -0.2) is 64.7 Å². The van der Waals surface area contributed by atoms with Crippen LogP contribution in [0.5, 0.6) is 0 Å². The van der Waals surface area contributed by atoms with E-state index in [0.29, 0.717) is 10.1 Å². The Labute approximate surface area is 133 Å². The Bertz CT molecular complexity index is 661. The zero-order valence-corrected chi connectivity index (χ0v) is 13.3. The maximum atomic E-state index is 12.1. The van der Waals surface area contributed by atoms with Crippen molar-refractivity contribution in [3.63, 3.8) is 0 Å². The molecule has 0 spiro atoms. The van der Waals surface area contributed by atoms with Gasteiger partial charge in [0.05, 0.1) is 17.4 Å². The first kappa shape index (κ1) is 15.3. The SMILES string of the molecule is C[C@H](O)[C@@H]1C(=O)N2C(C(=O)O)/C(=C\Sc3nnnn3C)S[C@H]12. The van der Waals surface area contributed by atoms with Gasteiger partial charge in [0.2, 0.25) is 11.1 Å². The maximum Gasteiger partial charge on any atom is 0.331 e. The number of hydrogen-bond donors (Lipinski definition) is 2. The molecule has 0 radical (unpaired) electrons. The van der Waals surface area contributed by atoms with Crippen LogP contribution in [0.1, 0.15) is 6.92 Å². The van der Waals surface area contributed by atoms with Gasteiger partial charge in [0.15, 0.2) is 6.04 Å². The number of aliphatic carboxylic acids is 1. The second-order valence-electron chi connectivity index (χ2n) is 4.98. The lowest BCUT2D eigenvalue weighted by molar-refractivity contribution is -0.165. The summed E-state index contributed by atoms with van der Waals surface area (Å²) in [6.07, 6.45) is -0.800. The first-order valence-corrected chi connectivity index (χ1v) is 8.16. The standard InChI is InChI=1S/C11H13N5O4S2/c1-4(17)6-8(18)16-7(10(19)20)5(22-9(6)16)3-21-11-12-13-14-15(11)2/h3-4,6-7,9,17H,1-2H3,(H,19,20)/b5-3+/t4-,6+,7?,9+/m0/s1. The molecule has 1 aromatic rings. The summed E-state index contributed by atoms with van der Waals surface area (Å²) >= 11 is 2.49. The largest absolute Gasteiger partial charge is 0.479 e. The molecule has 9 nitrogen and oxygen atoms in total. The molecular weight excluding hydrogens is 330 g/mol. The quantitative estimate of drug-likeness (QED) is 0.551. The Kier molecular flexibility index (Phi) is 3.87. The van der Waals surface area contributed by atoms with Gasteiger partial charge in [0.1, 0.15) is 0 Å². The molecule has 2 N–H and O–H groups in total. The third kappa shape index (κ3) is 2.29. The van der Waals surface area contributed by atoms with Crippen molar-refractivity contribution in [1.82, 2.24) is 25.1 Å². The van der Waals surface area contributed by atoms with Crippen LogP contribution >= 0.6 is 23.5 Å². The topological polar surface area (TPSA) is 121 Å². The molecule has 0 bridgehead atoms. The number of carbonyl (C=O) groups is 2. The van der Waals surface area contributed by atoms with Crippen molar-refractivity contribution in [3.8, 4) is 0 Å². The molecule has 2 fully saturated rings. The van der Waals surface area contributed by atoms with Crippen molar-refractivity contribution < 1.29 is 19.8 Å². The molecule has 1 aromatic heterocycles. The predicted octanol–water partition coefficient (Wildman–Crippen LogP) is -0.491. The van der Waals surface area contributed by atoms with E-state index in [9.17, 15) is 19.8 Å². The fraction of sp³-hybridized carbons (Fsp3) is 0.545. The first-order valence-electron chi connectivity index (χ1n) is 6.40. The van der Waals surface area contributed by atoms with Crippen molar-refractivity contribution in [1.29, 1.82) is 0 Å². The van der Waals surface area contributed by atoms with Gasteiger partial charge in [-0.15, -0.1) is 16.9 Å². The number of aliphatic hydroxyl groups is 1. The molecule has 0 saturated carbocycles. The van der Waals surface area contributed by atoms with E-state index in [2.05, 4.69) is 15.5 Å². The molecule has 3 heterocycles. The van der Waals surface area contributed by atoms with E-state index in [4.69, 9.17) is 0 Å². The van der Waals surface area contributed by atoms with Gasteiger partial charge < -0.3 is 15.1 Å². The minimum atomic E-state index is -1.09. The van der Waals surface area contributed by atoms with Crippen LogP contribution in [0.15, 0.2) is 15.5 Å². The third-order valence-electron chi connectivity index (χ3n) is 3.54. The summed E-state index contributed by atoms with van der Waals surface area (Å²) in [6.45, 7) is 1.54. The number of hydrogen-bond acceptors (Lipinski definition) is 8. The molecule has 4 atom stereocenters. The van der Waals surface area contributed by atoms with Crippen molar-refractivity contribution in [2.75, 3.05) is 0 Å². The number of carboxylic acids is 1. The number of carbonyl (C=O) groups excluding carboxylic acids is 1.